The fourth-order valence-corrected chi connectivity index (χ4v) is 6.07. The molecule has 2 aliphatic carbocycles. The molecule has 26 heavy (non-hydrogen) atoms. The van der Waals surface area contributed by atoms with E-state index in [-0.39, 0.29) is 7.43 Å². The van der Waals surface area contributed by atoms with E-state index in [1.807, 2.05) is 0 Å². The van der Waals surface area contributed by atoms with Crippen LogP contribution in [-0.2, 0) is 6.42 Å². The maximum Gasteiger partial charge on any atom is -0.0219 e. The summed E-state index contributed by atoms with van der Waals surface area (Å²) >= 11 is 0. The molecule has 0 aliphatic heterocycles. The van der Waals surface area contributed by atoms with E-state index in [9.17, 15) is 0 Å². The van der Waals surface area contributed by atoms with Gasteiger partial charge in [0, 0.05) is 0 Å². The van der Waals surface area contributed by atoms with Gasteiger partial charge in [-0.2, -0.15) is 0 Å². The van der Waals surface area contributed by atoms with E-state index in [4.69, 9.17) is 0 Å². The zero-order valence-electron chi connectivity index (χ0n) is 17.0. The molecule has 0 saturated heterocycles. The van der Waals surface area contributed by atoms with Crippen LogP contribution in [0.5, 0.6) is 0 Å². The third-order valence-corrected chi connectivity index (χ3v) is 7.59. The van der Waals surface area contributed by atoms with Gasteiger partial charge in [0.05, 0.1) is 0 Å². The molecule has 3 rings (SSSR count). The highest BCUT2D eigenvalue weighted by molar-refractivity contribution is 5.17. The Balaban J connectivity index is 0.00000243. The van der Waals surface area contributed by atoms with E-state index >= 15 is 0 Å². The number of hydrogen-bond acceptors (Lipinski definition) is 0. The predicted molar refractivity (Wildman–Crippen MR) is 116 cm³/mol. The Bertz CT molecular complexity index is 484. The molecule has 148 valence electrons. The Morgan fingerprint density at radius 3 is 2.04 bits per heavy atom. The molecule has 0 nitrogen and oxygen atoms in total. The predicted octanol–water partition coefficient (Wildman–Crippen LogP) is 8.30. The van der Waals surface area contributed by atoms with Crippen molar-refractivity contribution in [3.8, 4) is 0 Å². The lowest BCUT2D eigenvalue weighted by molar-refractivity contribution is 0.0346. The van der Waals surface area contributed by atoms with Gasteiger partial charge in [0.1, 0.15) is 0 Å². The molecule has 0 unspecified atom stereocenters. The van der Waals surface area contributed by atoms with Crippen molar-refractivity contribution in [3.63, 3.8) is 0 Å². The van der Waals surface area contributed by atoms with E-state index in [0.29, 0.717) is 5.41 Å². The summed E-state index contributed by atoms with van der Waals surface area (Å²) in [5.74, 6) is 3.86. The van der Waals surface area contributed by atoms with Crippen LogP contribution >= 0.6 is 0 Å². The van der Waals surface area contributed by atoms with Gasteiger partial charge in [-0.05, 0) is 86.0 Å². The number of benzene rings is 1. The maximum absolute atomic E-state index is 2.40. The minimum atomic E-state index is 0. The Labute approximate surface area is 164 Å². The summed E-state index contributed by atoms with van der Waals surface area (Å²) in [4.78, 5) is 0. The average Bonchev–Trinajstić information content (AvgIpc) is 2.64. The zero-order chi connectivity index (χ0) is 17.7. The molecule has 2 saturated carbocycles. The molecule has 0 aromatic heterocycles. The summed E-state index contributed by atoms with van der Waals surface area (Å²) in [5.41, 5.74) is 2.19. The first-order valence-electron chi connectivity index (χ1n) is 11.1. The van der Waals surface area contributed by atoms with Crippen LogP contribution in [0.3, 0.4) is 0 Å². The molecule has 2 aliphatic rings. The van der Waals surface area contributed by atoms with Gasteiger partial charge in [0.2, 0.25) is 0 Å². The molecule has 0 heterocycles. The molecule has 0 amide bonds. The topological polar surface area (TPSA) is 0 Å². The second-order valence-electron chi connectivity index (χ2n) is 9.72. The first-order valence-corrected chi connectivity index (χ1v) is 11.1. The summed E-state index contributed by atoms with van der Waals surface area (Å²) in [6.07, 6.45) is 16.1. The van der Waals surface area contributed by atoms with Crippen LogP contribution in [0.2, 0.25) is 0 Å². The Morgan fingerprint density at radius 2 is 1.50 bits per heavy atom. The van der Waals surface area contributed by atoms with Crippen LogP contribution < -0.4 is 0 Å². The van der Waals surface area contributed by atoms with Crippen LogP contribution in [0, 0.1) is 29.1 Å². The molecule has 1 aromatic rings. The van der Waals surface area contributed by atoms with Crippen molar-refractivity contribution < 1.29 is 0 Å². The lowest BCUT2D eigenvalue weighted by atomic mass is 9.56. The molecular weight excluding hydrogens is 312 g/mol. The zero-order valence-corrected chi connectivity index (χ0v) is 17.0. The average molecular weight is 357 g/mol. The standard InChI is InChI=1S/C25H40.CH4/c1-4-21-10-12-24(13-11-21)25(19-23-8-6-5-7-9-23)16-14-22(15-17-25)18-20(2)3;/h5-9,20-22,24H,4,10-19H2,1-3H3;1H4. The first kappa shape index (κ1) is 21.5. The smallest absolute Gasteiger partial charge is 0.0219 e. The van der Waals surface area contributed by atoms with Crippen molar-refractivity contribution in [3.05, 3.63) is 35.9 Å². The summed E-state index contributed by atoms with van der Waals surface area (Å²) < 4.78 is 0. The third-order valence-electron chi connectivity index (χ3n) is 7.59. The van der Waals surface area contributed by atoms with Crippen LogP contribution in [0.15, 0.2) is 30.3 Å². The van der Waals surface area contributed by atoms with Crippen molar-refractivity contribution in [2.45, 2.75) is 98.8 Å². The molecule has 0 radical (unpaired) electrons. The normalized spacial score (nSPS) is 32.2. The van der Waals surface area contributed by atoms with Gasteiger partial charge in [-0.15, -0.1) is 0 Å². The number of hydrogen-bond donors (Lipinski definition) is 0. The molecule has 0 spiro atoms. The maximum atomic E-state index is 2.40. The highest BCUT2D eigenvalue weighted by Crippen LogP contribution is 2.53. The van der Waals surface area contributed by atoms with E-state index in [2.05, 4.69) is 51.1 Å². The molecule has 0 atom stereocenters. The van der Waals surface area contributed by atoms with Gasteiger partial charge in [0.15, 0.2) is 0 Å². The van der Waals surface area contributed by atoms with Gasteiger partial charge in [0.25, 0.3) is 0 Å². The molecule has 0 heteroatoms. The monoisotopic (exact) mass is 356 g/mol. The van der Waals surface area contributed by atoms with E-state index < -0.39 is 0 Å². The fraction of sp³-hybridized carbons (Fsp3) is 0.769. The van der Waals surface area contributed by atoms with Crippen molar-refractivity contribution >= 4 is 0 Å². The summed E-state index contributed by atoms with van der Waals surface area (Å²) in [5, 5.41) is 0. The Kier molecular flexibility index (Phi) is 8.24. The van der Waals surface area contributed by atoms with Crippen LogP contribution in [0.25, 0.3) is 0 Å². The highest BCUT2D eigenvalue weighted by Gasteiger charge is 2.42. The molecule has 1 aromatic carbocycles. The van der Waals surface area contributed by atoms with E-state index in [0.717, 1.165) is 23.7 Å². The largest absolute Gasteiger partial charge is 0.0776 e. The van der Waals surface area contributed by atoms with Gasteiger partial charge in [-0.1, -0.05) is 77.8 Å². The van der Waals surface area contributed by atoms with Crippen LogP contribution in [-0.4, -0.2) is 0 Å². The molecule has 0 bridgehead atoms. The molecule has 2 fully saturated rings. The third kappa shape index (κ3) is 5.37. The minimum absolute atomic E-state index is 0. The Hall–Kier alpha value is -0.780. The van der Waals surface area contributed by atoms with Crippen molar-refractivity contribution in [2.24, 2.45) is 29.1 Å². The second-order valence-corrected chi connectivity index (χ2v) is 9.72. The van der Waals surface area contributed by atoms with Crippen molar-refractivity contribution in [1.29, 1.82) is 0 Å². The summed E-state index contributed by atoms with van der Waals surface area (Å²) in [6, 6.07) is 11.4. The van der Waals surface area contributed by atoms with Gasteiger partial charge in [-0.25, -0.2) is 0 Å². The van der Waals surface area contributed by atoms with Gasteiger partial charge >= 0.3 is 0 Å². The summed E-state index contributed by atoms with van der Waals surface area (Å²) in [7, 11) is 0. The van der Waals surface area contributed by atoms with E-state index in [1.165, 1.54) is 70.6 Å². The van der Waals surface area contributed by atoms with Crippen LogP contribution in [0.4, 0.5) is 0 Å². The molecule has 0 N–H and O–H groups in total. The van der Waals surface area contributed by atoms with Crippen LogP contribution in [0.1, 0.15) is 98.0 Å². The van der Waals surface area contributed by atoms with Gasteiger partial charge in [-0.3, -0.25) is 0 Å². The van der Waals surface area contributed by atoms with Gasteiger partial charge < -0.3 is 0 Å². The van der Waals surface area contributed by atoms with Crippen molar-refractivity contribution in [1.82, 2.24) is 0 Å². The number of rotatable bonds is 6. The SMILES string of the molecule is C.CCC1CCC(C2(Cc3ccccc3)CCC(CC(C)C)CC2)CC1. The Morgan fingerprint density at radius 1 is 0.885 bits per heavy atom. The lowest BCUT2D eigenvalue weighted by Crippen LogP contribution is -2.39. The second kappa shape index (κ2) is 9.95. The quantitative estimate of drug-likeness (QED) is 0.480. The molecular formula is C26H44. The minimum Gasteiger partial charge on any atom is -0.0776 e. The summed E-state index contributed by atoms with van der Waals surface area (Å²) in [6.45, 7) is 7.19. The van der Waals surface area contributed by atoms with Crippen molar-refractivity contribution in [2.75, 3.05) is 0 Å². The highest BCUT2D eigenvalue weighted by atomic mass is 14.5. The van der Waals surface area contributed by atoms with E-state index in [1.54, 1.807) is 5.56 Å². The fourth-order valence-electron chi connectivity index (χ4n) is 6.07. The first-order chi connectivity index (χ1) is 12.1. The lowest BCUT2D eigenvalue weighted by Gasteiger charge is -2.48.